The number of amides is 1. The van der Waals surface area contributed by atoms with Gasteiger partial charge in [-0.3, -0.25) is 4.79 Å². The molecule has 5 heteroatoms. The fourth-order valence-corrected chi connectivity index (χ4v) is 3.11. The summed E-state index contributed by atoms with van der Waals surface area (Å²) in [6, 6.07) is 0. The van der Waals surface area contributed by atoms with E-state index in [1.807, 2.05) is 0 Å². The number of nitrogens with zero attached hydrogens (tertiary/aromatic N) is 1. The van der Waals surface area contributed by atoms with Crippen LogP contribution in [0.4, 0.5) is 0 Å². The number of piperidine rings is 2. The zero-order valence-corrected chi connectivity index (χ0v) is 12.8. The number of hydrogen-bond acceptors (Lipinski definition) is 3. The third kappa shape index (κ3) is 6.11. The third-order valence-electron chi connectivity index (χ3n) is 4.26. The van der Waals surface area contributed by atoms with E-state index in [0.29, 0.717) is 5.92 Å². The molecule has 2 heterocycles. The molecule has 4 nitrogen and oxygen atoms in total. The van der Waals surface area contributed by atoms with Crippen LogP contribution in [0.3, 0.4) is 0 Å². The first-order chi connectivity index (χ1) is 8.74. The number of halogens is 1. The number of rotatable bonds is 4. The molecule has 2 N–H and O–H groups in total. The molecule has 0 bridgehead atoms. The Morgan fingerprint density at radius 3 is 2.58 bits per heavy atom. The van der Waals surface area contributed by atoms with Crippen LogP contribution >= 0.6 is 12.4 Å². The predicted molar refractivity (Wildman–Crippen MR) is 80.7 cm³/mol. The van der Waals surface area contributed by atoms with Crippen molar-refractivity contribution in [3.63, 3.8) is 0 Å². The molecular weight excluding hydrogens is 262 g/mol. The van der Waals surface area contributed by atoms with Gasteiger partial charge in [0, 0.05) is 20.0 Å². The highest BCUT2D eigenvalue weighted by atomic mass is 35.5. The normalized spacial score (nSPS) is 25.6. The Hall–Kier alpha value is -0.320. The largest absolute Gasteiger partial charge is 0.356 e. The Bertz CT molecular complexity index is 261. The van der Waals surface area contributed by atoms with Gasteiger partial charge in [-0.15, -0.1) is 12.4 Å². The van der Waals surface area contributed by atoms with Crippen molar-refractivity contribution in [2.75, 3.05) is 39.3 Å². The van der Waals surface area contributed by atoms with Crippen LogP contribution in [0.25, 0.3) is 0 Å². The van der Waals surface area contributed by atoms with Crippen LogP contribution in [-0.2, 0) is 4.79 Å². The van der Waals surface area contributed by atoms with Crippen molar-refractivity contribution in [2.45, 2.75) is 32.6 Å². The molecule has 2 rings (SSSR count). The maximum Gasteiger partial charge on any atom is 0.216 e. The van der Waals surface area contributed by atoms with Crippen molar-refractivity contribution >= 4 is 18.3 Å². The summed E-state index contributed by atoms with van der Waals surface area (Å²) < 4.78 is 0. The van der Waals surface area contributed by atoms with Crippen LogP contribution in [0.2, 0.25) is 0 Å². The number of carbonyl (C=O) groups excluding carboxylic acids is 1. The van der Waals surface area contributed by atoms with Crippen molar-refractivity contribution in [3.05, 3.63) is 0 Å². The number of hydrogen-bond donors (Lipinski definition) is 2. The van der Waals surface area contributed by atoms with Gasteiger partial charge in [0.25, 0.3) is 0 Å². The van der Waals surface area contributed by atoms with Gasteiger partial charge in [-0.2, -0.15) is 0 Å². The Morgan fingerprint density at radius 2 is 2.00 bits per heavy atom. The van der Waals surface area contributed by atoms with Crippen LogP contribution in [-0.4, -0.2) is 50.1 Å². The van der Waals surface area contributed by atoms with Gasteiger partial charge in [0.1, 0.15) is 0 Å². The molecule has 0 radical (unpaired) electrons. The average molecular weight is 290 g/mol. The van der Waals surface area contributed by atoms with Crippen LogP contribution in [0, 0.1) is 11.8 Å². The number of nitrogens with one attached hydrogen (secondary N) is 2. The van der Waals surface area contributed by atoms with Gasteiger partial charge in [-0.25, -0.2) is 0 Å². The number of carbonyl (C=O) groups is 1. The zero-order chi connectivity index (χ0) is 12.8. The monoisotopic (exact) mass is 289 g/mol. The molecule has 1 amide bonds. The molecule has 2 aliphatic rings. The lowest BCUT2D eigenvalue weighted by molar-refractivity contribution is -0.119. The molecule has 19 heavy (non-hydrogen) atoms. The van der Waals surface area contributed by atoms with E-state index < -0.39 is 0 Å². The quantitative estimate of drug-likeness (QED) is 0.819. The molecule has 0 aromatic rings. The molecule has 1 atom stereocenters. The second-order valence-electron chi connectivity index (χ2n) is 5.89. The van der Waals surface area contributed by atoms with E-state index in [0.717, 1.165) is 12.5 Å². The molecular formula is C14H28ClN3O. The second-order valence-corrected chi connectivity index (χ2v) is 5.89. The Balaban J connectivity index is 0.00000180. The van der Waals surface area contributed by atoms with Gasteiger partial charge in [0.05, 0.1) is 0 Å². The topological polar surface area (TPSA) is 44.4 Å². The Labute approximate surface area is 123 Å². The molecule has 0 aromatic carbocycles. The summed E-state index contributed by atoms with van der Waals surface area (Å²) in [5.74, 6) is 1.64. The van der Waals surface area contributed by atoms with E-state index in [4.69, 9.17) is 0 Å². The minimum absolute atomic E-state index is 0. The van der Waals surface area contributed by atoms with Gasteiger partial charge in [-0.05, 0) is 63.7 Å². The summed E-state index contributed by atoms with van der Waals surface area (Å²) in [7, 11) is 0. The highest BCUT2D eigenvalue weighted by Gasteiger charge is 2.22. The van der Waals surface area contributed by atoms with Crippen LogP contribution in [0.1, 0.15) is 32.6 Å². The highest BCUT2D eigenvalue weighted by Crippen LogP contribution is 2.19. The molecule has 2 fully saturated rings. The standard InChI is InChI=1S/C14H27N3O.ClH/c1-12(18)16-10-13-4-7-17(8-5-13)11-14-3-2-6-15-9-14;/h13-15H,2-11H2,1H3,(H,16,18);1H. The van der Waals surface area contributed by atoms with Gasteiger partial charge >= 0.3 is 0 Å². The lowest BCUT2D eigenvalue weighted by atomic mass is 9.94. The van der Waals surface area contributed by atoms with Gasteiger partial charge < -0.3 is 15.5 Å². The fourth-order valence-electron chi connectivity index (χ4n) is 3.11. The predicted octanol–water partition coefficient (Wildman–Crippen LogP) is 1.26. The molecule has 112 valence electrons. The van der Waals surface area contributed by atoms with E-state index in [9.17, 15) is 4.79 Å². The summed E-state index contributed by atoms with van der Waals surface area (Å²) in [4.78, 5) is 13.5. The first-order valence-corrected chi connectivity index (χ1v) is 7.41. The van der Waals surface area contributed by atoms with Crippen molar-refractivity contribution in [1.82, 2.24) is 15.5 Å². The fraction of sp³-hybridized carbons (Fsp3) is 0.929. The first kappa shape index (κ1) is 16.7. The summed E-state index contributed by atoms with van der Waals surface area (Å²) in [6.07, 6.45) is 5.20. The Morgan fingerprint density at radius 1 is 1.26 bits per heavy atom. The first-order valence-electron chi connectivity index (χ1n) is 7.41. The van der Waals surface area contributed by atoms with Gasteiger partial charge in [0.2, 0.25) is 5.91 Å². The SMILES string of the molecule is CC(=O)NCC1CCN(CC2CCCNC2)CC1.Cl. The van der Waals surface area contributed by atoms with E-state index in [1.54, 1.807) is 6.92 Å². The Kier molecular flexibility index (Phi) is 7.73. The number of likely N-dealkylation sites (tertiary alicyclic amines) is 1. The molecule has 2 saturated heterocycles. The molecule has 0 aromatic heterocycles. The van der Waals surface area contributed by atoms with Crippen molar-refractivity contribution in [1.29, 1.82) is 0 Å². The van der Waals surface area contributed by atoms with Gasteiger partial charge in [0.15, 0.2) is 0 Å². The van der Waals surface area contributed by atoms with E-state index in [-0.39, 0.29) is 18.3 Å². The van der Waals surface area contributed by atoms with E-state index in [1.165, 1.54) is 58.4 Å². The van der Waals surface area contributed by atoms with Crippen molar-refractivity contribution < 1.29 is 4.79 Å². The molecule has 2 aliphatic heterocycles. The van der Waals surface area contributed by atoms with Crippen LogP contribution in [0.15, 0.2) is 0 Å². The molecule has 0 aliphatic carbocycles. The summed E-state index contributed by atoms with van der Waals surface area (Å²) in [6.45, 7) is 8.56. The molecule has 0 saturated carbocycles. The maximum atomic E-state index is 10.9. The lowest BCUT2D eigenvalue weighted by Gasteiger charge is -2.35. The van der Waals surface area contributed by atoms with Crippen LogP contribution < -0.4 is 10.6 Å². The highest BCUT2D eigenvalue weighted by molar-refractivity contribution is 5.85. The van der Waals surface area contributed by atoms with Crippen LogP contribution in [0.5, 0.6) is 0 Å². The van der Waals surface area contributed by atoms with Gasteiger partial charge in [-0.1, -0.05) is 0 Å². The van der Waals surface area contributed by atoms with E-state index in [2.05, 4.69) is 15.5 Å². The molecule has 1 unspecified atom stereocenters. The summed E-state index contributed by atoms with van der Waals surface area (Å²) >= 11 is 0. The second kappa shape index (κ2) is 8.77. The molecule has 0 spiro atoms. The summed E-state index contributed by atoms with van der Waals surface area (Å²) in [5.41, 5.74) is 0. The maximum absolute atomic E-state index is 10.9. The minimum Gasteiger partial charge on any atom is -0.356 e. The third-order valence-corrected chi connectivity index (χ3v) is 4.26. The zero-order valence-electron chi connectivity index (χ0n) is 12.0. The summed E-state index contributed by atoms with van der Waals surface area (Å²) in [5, 5.41) is 6.44. The van der Waals surface area contributed by atoms with E-state index >= 15 is 0 Å². The van der Waals surface area contributed by atoms with Crippen molar-refractivity contribution in [3.8, 4) is 0 Å². The smallest absolute Gasteiger partial charge is 0.216 e. The lowest BCUT2D eigenvalue weighted by Crippen LogP contribution is -2.43. The average Bonchev–Trinajstić information content (AvgIpc) is 2.39. The minimum atomic E-state index is 0. The van der Waals surface area contributed by atoms with Crippen molar-refractivity contribution in [2.24, 2.45) is 11.8 Å².